The molecule has 0 spiro atoms. The molecule has 116 valence electrons. The van der Waals surface area contributed by atoms with Gasteiger partial charge in [-0.2, -0.15) is 0 Å². The first-order valence-corrected chi connectivity index (χ1v) is 7.80. The van der Waals surface area contributed by atoms with E-state index in [2.05, 4.69) is 12.1 Å². The minimum atomic E-state index is 0.0563. The molecule has 4 nitrogen and oxygen atoms in total. The number of unbranched alkanes of at least 4 members (excludes halogenated alkanes) is 1. The second-order valence-corrected chi connectivity index (χ2v) is 5.66. The summed E-state index contributed by atoms with van der Waals surface area (Å²) in [5, 5.41) is 9.24. The number of ether oxygens (including phenoxy) is 1. The first-order valence-electron chi connectivity index (χ1n) is 7.80. The van der Waals surface area contributed by atoms with Crippen LogP contribution in [-0.2, 0) is 16.0 Å². The predicted octanol–water partition coefficient (Wildman–Crippen LogP) is 1.87. The lowest BCUT2D eigenvalue weighted by atomic mass is 10.1. The fourth-order valence-electron chi connectivity index (χ4n) is 2.63. The summed E-state index contributed by atoms with van der Waals surface area (Å²) in [7, 11) is 0. The van der Waals surface area contributed by atoms with Crippen LogP contribution >= 0.6 is 0 Å². The highest BCUT2D eigenvalue weighted by molar-refractivity contribution is 5.76. The summed E-state index contributed by atoms with van der Waals surface area (Å²) in [6.45, 7) is 2.47. The molecule has 1 saturated heterocycles. The highest BCUT2D eigenvalue weighted by Crippen LogP contribution is 2.11. The summed E-state index contributed by atoms with van der Waals surface area (Å²) in [4.78, 5) is 14.1. The average molecular weight is 291 g/mol. The van der Waals surface area contributed by atoms with Gasteiger partial charge in [-0.15, -0.1) is 0 Å². The molecule has 2 rings (SSSR count). The number of aryl methyl sites for hydroxylation is 1. The molecule has 4 heteroatoms. The molecule has 0 radical (unpaired) electrons. The number of hydrogen-bond donors (Lipinski definition) is 1. The first-order chi connectivity index (χ1) is 10.3. The molecular weight excluding hydrogens is 266 g/mol. The zero-order valence-corrected chi connectivity index (χ0v) is 12.5. The quantitative estimate of drug-likeness (QED) is 0.814. The third-order valence-electron chi connectivity index (χ3n) is 3.90. The number of aliphatic hydroxyl groups excluding tert-OH is 1. The summed E-state index contributed by atoms with van der Waals surface area (Å²) in [6.07, 6.45) is 3.56. The van der Waals surface area contributed by atoms with Crippen LogP contribution in [0.5, 0.6) is 0 Å². The van der Waals surface area contributed by atoms with Crippen molar-refractivity contribution in [3.8, 4) is 0 Å². The maximum absolute atomic E-state index is 12.2. The molecule has 1 heterocycles. The maximum atomic E-state index is 12.2. The van der Waals surface area contributed by atoms with Crippen LogP contribution in [0.4, 0.5) is 0 Å². The summed E-state index contributed by atoms with van der Waals surface area (Å²) >= 11 is 0. The van der Waals surface area contributed by atoms with Gasteiger partial charge in [0, 0.05) is 32.0 Å². The van der Waals surface area contributed by atoms with E-state index in [1.54, 1.807) is 0 Å². The lowest BCUT2D eigenvalue weighted by Gasteiger charge is -2.22. The Morgan fingerprint density at radius 2 is 2.10 bits per heavy atom. The predicted molar refractivity (Wildman–Crippen MR) is 82.0 cm³/mol. The highest BCUT2D eigenvalue weighted by atomic mass is 16.5. The van der Waals surface area contributed by atoms with Crippen LogP contribution in [0.15, 0.2) is 30.3 Å². The second-order valence-electron chi connectivity index (χ2n) is 5.66. The number of nitrogens with zero attached hydrogens (tertiary/aromatic N) is 1. The van der Waals surface area contributed by atoms with E-state index in [-0.39, 0.29) is 18.4 Å². The van der Waals surface area contributed by atoms with E-state index < -0.39 is 0 Å². The molecule has 21 heavy (non-hydrogen) atoms. The molecule has 1 aromatic rings. The van der Waals surface area contributed by atoms with Crippen LogP contribution in [0.2, 0.25) is 0 Å². The van der Waals surface area contributed by atoms with Gasteiger partial charge in [-0.25, -0.2) is 0 Å². The molecule has 0 aromatic heterocycles. The molecule has 0 aliphatic carbocycles. The van der Waals surface area contributed by atoms with Gasteiger partial charge in [-0.1, -0.05) is 30.3 Å². The third-order valence-corrected chi connectivity index (χ3v) is 3.90. The van der Waals surface area contributed by atoms with Gasteiger partial charge in [-0.05, 0) is 24.8 Å². The SMILES string of the molecule is O=C(CCCCc1ccccc1)N1CCOCC(CO)C1. The second kappa shape index (κ2) is 8.80. The van der Waals surface area contributed by atoms with Gasteiger partial charge >= 0.3 is 0 Å². The van der Waals surface area contributed by atoms with E-state index in [9.17, 15) is 9.90 Å². The van der Waals surface area contributed by atoms with E-state index in [1.165, 1.54) is 5.56 Å². The minimum absolute atomic E-state index is 0.0563. The van der Waals surface area contributed by atoms with Crippen molar-refractivity contribution in [3.05, 3.63) is 35.9 Å². The Morgan fingerprint density at radius 1 is 1.29 bits per heavy atom. The number of carbonyl (C=O) groups is 1. The van der Waals surface area contributed by atoms with Crippen LogP contribution in [0.25, 0.3) is 0 Å². The lowest BCUT2D eigenvalue weighted by Crippen LogP contribution is -2.36. The van der Waals surface area contributed by atoms with Gasteiger partial charge in [0.05, 0.1) is 13.2 Å². The fourth-order valence-corrected chi connectivity index (χ4v) is 2.63. The maximum Gasteiger partial charge on any atom is 0.222 e. The van der Waals surface area contributed by atoms with Gasteiger partial charge in [0.25, 0.3) is 0 Å². The Hall–Kier alpha value is -1.39. The molecule has 1 aliphatic heterocycles. The Balaban J connectivity index is 1.68. The monoisotopic (exact) mass is 291 g/mol. The van der Waals surface area contributed by atoms with Crippen LogP contribution in [-0.4, -0.2) is 48.8 Å². The molecular formula is C17H25NO3. The van der Waals surface area contributed by atoms with Gasteiger partial charge in [0.2, 0.25) is 5.91 Å². The van der Waals surface area contributed by atoms with Gasteiger partial charge < -0.3 is 14.7 Å². The molecule has 1 fully saturated rings. The van der Waals surface area contributed by atoms with Crippen LogP contribution in [0.3, 0.4) is 0 Å². The Bertz CT molecular complexity index is 421. The van der Waals surface area contributed by atoms with Crippen LogP contribution < -0.4 is 0 Å². The number of carbonyl (C=O) groups excluding carboxylic acids is 1. The van der Waals surface area contributed by atoms with Gasteiger partial charge in [0.15, 0.2) is 0 Å². The summed E-state index contributed by atoms with van der Waals surface area (Å²) < 4.78 is 5.41. The lowest BCUT2D eigenvalue weighted by molar-refractivity contribution is -0.131. The van der Waals surface area contributed by atoms with Crippen molar-refractivity contribution in [3.63, 3.8) is 0 Å². The highest BCUT2D eigenvalue weighted by Gasteiger charge is 2.21. The molecule has 1 aromatic carbocycles. The number of amides is 1. The van der Waals surface area contributed by atoms with Crippen molar-refractivity contribution in [2.45, 2.75) is 25.7 Å². The Kier molecular flexibility index (Phi) is 6.70. The van der Waals surface area contributed by atoms with Crippen LogP contribution in [0.1, 0.15) is 24.8 Å². The molecule has 0 saturated carbocycles. The Labute approximate surface area is 126 Å². The van der Waals surface area contributed by atoms with Crippen molar-refractivity contribution >= 4 is 5.91 Å². The van der Waals surface area contributed by atoms with E-state index >= 15 is 0 Å². The van der Waals surface area contributed by atoms with E-state index in [0.717, 1.165) is 19.3 Å². The Morgan fingerprint density at radius 3 is 2.86 bits per heavy atom. The largest absolute Gasteiger partial charge is 0.396 e. The van der Waals surface area contributed by atoms with Crippen molar-refractivity contribution in [2.24, 2.45) is 5.92 Å². The molecule has 1 unspecified atom stereocenters. The topological polar surface area (TPSA) is 49.8 Å². The third kappa shape index (κ3) is 5.48. The zero-order valence-electron chi connectivity index (χ0n) is 12.5. The van der Waals surface area contributed by atoms with Crippen LogP contribution in [0, 0.1) is 5.92 Å². The molecule has 1 N–H and O–H groups in total. The number of aliphatic hydroxyl groups is 1. The number of benzene rings is 1. The standard InChI is InChI=1S/C17H25NO3/c19-13-16-12-18(10-11-21-14-16)17(20)9-5-4-8-15-6-2-1-3-7-15/h1-3,6-7,16,19H,4-5,8-14H2. The number of hydrogen-bond acceptors (Lipinski definition) is 3. The van der Waals surface area contributed by atoms with E-state index in [0.29, 0.717) is 32.7 Å². The summed E-state index contributed by atoms with van der Waals surface area (Å²) in [6, 6.07) is 10.4. The smallest absolute Gasteiger partial charge is 0.222 e. The normalized spacial score (nSPS) is 19.3. The first kappa shape index (κ1) is 16.0. The van der Waals surface area contributed by atoms with Crippen molar-refractivity contribution in [2.75, 3.05) is 32.9 Å². The fraction of sp³-hybridized carbons (Fsp3) is 0.588. The van der Waals surface area contributed by atoms with Gasteiger partial charge in [0.1, 0.15) is 0 Å². The van der Waals surface area contributed by atoms with Crippen molar-refractivity contribution in [1.82, 2.24) is 4.90 Å². The summed E-state index contributed by atoms with van der Waals surface area (Å²) in [5.41, 5.74) is 1.33. The van der Waals surface area contributed by atoms with Crippen molar-refractivity contribution < 1.29 is 14.6 Å². The minimum Gasteiger partial charge on any atom is -0.396 e. The molecule has 0 bridgehead atoms. The summed E-state index contributed by atoms with van der Waals surface area (Å²) in [5.74, 6) is 0.243. The van der Waals surface area contributed by atoms with Gasteiger partial charge in [-0.3, -0.25) is 4.79 Å². The number of rotatable bonds is 6. The molecule has 1 amide bonds. The average Bonchev–Trinajstić information content (AvgIpc) is 2.78. The van der Waals surface area contributed by atoms with E-state index in [4.69, 9.17) is 4.74 Å². The zero-order chi connectivity index (χ0) is 14.9. The van der Waals surface area contributed by atoms with E-state index in [1.807, 2.05) is 23.1 Å². The molecule has 1 aliphatic rings. The van der Waals surface area contributed by atoms with Crippen molar-refractivity contribution in [1.29, 1.82) is 0 Å². The molecule has 1 atom stereocenters.